The van der Waals surface area contributed by atoms with Crippen molar-refractivity contribution < 1.29 is 0 Å². The smallest absolute Gasteiger partial charge is 0.0631 e. The van der Waals surface area contributed by atoms with E-state index in [1.807, 2.05) is 36.6 Å². The summed E-state index contributed by atoms with van der Waals surface area (Å²) in [6.45, 7) is 1.65. The highest BCUT2D eigenvalue weighted by Gasteiger charge is 2.11. The van der Waals surface area contributed by atoms with Crippen LogP contribution in [0.4, 0.5) is 11.4 Å². The number of rotatable bonds is 7. The zero-order valence-electron chi connectivity index (χ0n) is 14.3. The summed E-state index contributed by atoms with van der Waals surface area (Å²) in [5, 5.41) is 2.06. The Bertz CT molecular complexity index is 949. The molecule has 0 bridgehead atoms. The molecule has 2 aliphatic rings. The minimum Gasteiger partial charge on any atom is -0.362 e. The van der Waals surface area contributed by atoms with Crippen LogP contribution in [-0.2, 0) is 0 Å². The van der Waals surface area contributed by atoms with Crippen LogP contribution in [0.2, 0.25) is 0 Å². The molecule has 0 spiro atoms. The van der Waals surface area contributed by atoms with Crippen LogP contribution >= 0.6 is 11.3 Å². The van der Waals surface area contributed by atoms with Gasteiger partial charge in [0, 0.05) is 27.9 Å². The summed E-state index contributed by atoms with van der Waals surface area (Å²) in [6, 6.07) is 12.5. The van der Waals surface area contributed by atoms with Crippen LogP contribution in [0.3, 0.4) is 0 Å². The lowest BCUT2D eigenvalue weighted by Crippen LogP contribution is -2.26. The molecule has 126 valence electrons. The van der Waals surface area contributed by atoms with Gasteiger partial charge in [-0.1, -0.05) is 18.2 Å². The fourth-order valence-corrected chi connectivity index (χ4v) is 3.42. The molecule has 26 heavy (non-hydrogen) atoms. The van der Waals surface area contributed by atoms with Crippen LogP contribution in [0.5, 0.6) is 0 Å². The number of hydrogen-bond donors (Lipinski definition) is 0. The van der Waals surface area contributed by atoms with Gasteiger partial charge in [-0.25, -0.2) is 0 Å². The third-order valence-electron chi connectivity index (χ3n) is 4.15. The molecule has 0 saturated carbocycles. The zero-order chi connectivity index (χ0) is 17.6. The topological polar surface area (TPSA) is 15.6 Å². The number of hydrogen-bond acceptors (Lipinski definition) is 3. The van der Waals surface area contributed by atoms with Crippen molar-refractivity contribution in [2.45, 2.75) is 0 Å². The SMILES string of the molecule is C1=CC=CC=1CN(CC1=C=CC=C1)c1ccc(N=Cc2cccs2)cc1. The van der Waals surface area contributed by atoms with E-state index < -0.39 is 0 Å². The average Bonchev–Trinajstić information content (AvgIpc) is 3.43. The second-order valence-electron chi connectivity index (χ2n) is 6.04. The van der Waals surface area contributed by atoms with Crippen LogP contribution < -0.4 is 4.90 Å². The monoisotopic (exact) mass is 354 g/mol. The molecule has 0 atom stereocenters. The summed E-state index contributed by atoms with van der Waals surface area (Å²) in [4.78, 5) is 8.05. The van der Waals surface area contributed by atoms with Crippen LogP contribution in [0.25, 0.3) is 0 Å². The molecule has 2 aliphatic carbocycles. The van der Waals surface area contributed by atoms with Crippen LogP contribution in [0.1, 0.15) is 4.88 Å². The molecule has 2 nitrogen and oxygen atoms in total. The molecule has 0 N–H and O–H groups in total. The van der Waals surface area contributed by atoms with E-state index in [9.17, 15) is 0 Å². The Balaban J connectivity index is 1.52. The first-order valence-electron chi connectivity index (χ1n) is 8.54. The largest absolute Gasteiger partial charge is 0.362 e. The molecule has 0 amide bonds. The zero-order valence-corrected chi connectivity index (χ0v) is 15.1. The van der Waals surface area contributed by atoms with E-state index in [4.69, 9.17) is 0 Å². The van der Waals surface area contributed by atoms with E-state index in [1.54, 1.807) is 11.3 Å². The van der Waals surface area contributed by atoms with Crippen molar-refractivity contribution in [1.82, 2.24) is 0 Å². The first-order chi connectivity index (χ1) is 12.9. The predicted octanol–water partition coefficient (Wildman–Crippen LogP) is 5.61. The van der Waals surface area contributed by atoms with E-state index in [0.29, 0.717) is 0 Å². The molecule has 3 heteroatoms. The molecule has 0 radical (unpaired) electrons. The number of nitrogens with zero attached hydrogens (tertiary/aromatic N) is 2. The number of aliphatic imine (C=N–C) groups is 1. The molecule has 0 fully saturated rings. The van der Waals surface area contributed by atoms with Crippen molar-refractivity contribution in [3.8, 4) is 0 Å². The molecule has 1 heterocycles. The van der Waals surface area contributed by atoms with Crippen molar-refractivity contribution in [2.75, 3.05) is 18.0 Å². The quantitative estimate of drug-likeness (QED) is 0.466. The average molecular weight is 354 g/mol. The highest BCUT2D eigenvalue weighted by molar-refractivity contribution is 7.11. The fraction of sp³-hybridized carbons (Fsp3) is 0.0870. The van der Waals surface area contributed by atoms with Gasteiger partial charge in [0.2, 0.25) is 0 Å². The van der Waals surface area contributed by atoms with Crippen LogP contribution in [0.15, 0.2) is 106 Å². The summed E-state index contributed by atoms with van der Waals surface area (Å²) in [7, 11) is 0. The first kappa shape index (κ1) is 16.4. The molecular weight excluding hydrogens is 336 g/mol. The Hall–Kier alpha value is -3.09. The van der Waals surface area contributed by atoms with Crippen LogP contribution in [0, 0.1) is 0 Å². The highest BCUT2D eigenvalue weighted by Crippen LogP contribution is 2.23. The van der Waals surface area contributed by atoms with Gasteiger partial charge >= 0.3 is 0 Å². The summed E-state index contributed by atoms with van der Waals surface area (Å²) < 4.78 is 0. The molecule has 1 aromatic carbocycles. The van der Waals surface area contributed by atoms with E-state index in [2.05, 4.69) is 69.2 Å². The summed E-state index contributed by atoms with van der Waals surface area (Å²) >= 11 is 1.69. The van der Waals surface area contributed by atoms with Crippen LogP contribution in [-0.4, -0.2) is 19.3 Å². The van der Waals surface area contributed by atoms with Gasteiger partial charge in [-0.3, -0.25) is 4.99 Å². The lowest BCUT2D eigenvalue weighted by atomic mass is 10.2. The Morgan fingerprint density at radius 2 is 1.62 bits per heavy atom. The number of anilines is 1. The Labute approximate surface area is 157 Å². The molecule has 1 aromatic heterocycles. The van der Waals surface area contributed by atoms with Gasteiger partial charge in [-0.15, -0.1) is 22.8 Å². The maximum absolute atomic E-state index is 4.56. The second kappa shape index (κ2) is 7.86. The van der Waals surface area contributed by atoms with Gasteiger partial charge in [0.15, 0.2) is 0 Å². The summed E-state index contributed by atoms with van der Waals surface area (Å²) in [6.07, 6.45) is 14.1. The molecule has 2 aromatic rings. The van der Waals surface area contributed by atoms with Crippen molar-refractivity contribution in [3.05, 3.63) is 106 Å². The van der Waals surface area contributed by atoms with Gasteiger partial charge in [-0.2, -0.15) is 0 Å². The Kier molecular flexibility index (Phi) is 4.95. The van der Waals surface area contributed by atoms with Crippen molar-refractivity contribution >= 4 is 28.9 Å². The third kappa shape index (κ3) is 4.11. The highest BCUT2D eigenvalue weighted by atomic mass is 32.1. The fourth-order valence-electron chi connectivity index (χ4n) is 2.83. The molecule has 0 aliphatic heterocycles. The maximum atomic E-state index is 4.56. The molecule has 0 saturated heterocycles. The lowest BCUT2D eigenvalue weighted by Gasteiger charge is -2.24. The van der Waals surface area contributed by atoms with Gasteiger partial charge in [0.1, 0.15) is 0 Å². The van der Waals surface area contributed by atoms with E-state index in [1.165, 1.54) is 16.8 Å². The first-order valence-corrected chi connectivity index (χ1v) is 9.42. The van der Waals surface area contributed by atoms with E-state index >= 15 is 0 Å². The van der Waals surface area contributed by atoms with Gasteiger partial charge in [0.05, 0.1) is 18.8 Å². The normalized spacial score (nSPS) is 14.5. The van der Waals surface area contributed by atoms with E-state index in [0.717, 1.165) is 23.7 Å². The molecule has 4 rings (SSSR count). The minimum absolute atomic E-state index is 0.823. The molecular formula is C23H18N2S. The van der Waals surface area contributed by atoms with Crippen molar-refractivity contribution in [1.29, 1.82) is 0 Å². The summed E-state index contributed by atoms with van der Waals surface area (Å²) in [5.41, 5.74) is 11.1. The Morgan fingerprint density at radius 1 is 0.923 bits per heavy atom. The van der Waals surface area contributed by atoms with Gasteiger partial charge < -0.3 is 4.90 Å². The number of allylic oxidation sites excluding steroid dienone is 2. The van der Waals surface area contributed by atoms with Crippen molar-refractivity contribution in [2.24, 2.45) is 4.99 Å². The predicted molar refractivity (Wildman–Crippen MR) is 112 cm³/mol. The number of thiophene rings is 1. The Morgan fingerprint density at radius 3 is 2.15 bits per heavy atom. The summed E-state index contributed by atoms with van der Waals surface area (Å²) in [5.74, 6) is 0. The second-order valence-corrected chi connectivity index (χ2v) is 7.02. The third-order valence-corrected chi connectivity index (χ3v) is 4.95. The number of benzene rings is 1. The standard InChI is InChI=1S/C23H18N2S/c1-2-7-19(6-1)17-25(18-20-8-3-4-9-20)22-13-11-21(12-14-22)24-16-23-10-5-15-26-23/h1-6,8,10-16H,17-18H2. The van der Waals surface area contributed by atoms with E-state index in [-0.39, 0.29) is 0 Å². The lowest BCUT2D eigenvalue weighted by molar-refractivity contribution is 0.919. The maximum Gasteiger partial charge on any atom is 0.0631 e. The molecule has 0 unspecified atom stereocenters. The van der Waals surface area contributed by atoms with Gasteiger partial charge in [0.25, 0.3) is 0 Å². The minimum atomic E-state index is 0.823. The van der Waals surface area contributed by atoms with Gasteiger partial charge in [-0.05, 0) is 60.0 Å². The van der Waals surface area contributed by atoms with Crippen molar-refractivity contribution in [3.63, 3.8) is 0 Å².